The fourth-order valence-corrected chi connectivity index (χ4v) is 2.03. The third-order valence-electron chi connectivity index (χ3n) is 2.84. The number of hydrogen-bond donors (Lipinski definition) is 2. The molecule has 0 saturated carbocycles. The summed E-state index contributed by atoms with van der Waals surface area (Å²) in [5.74, 6) is 1.11. The van der Waals surface area contributed by atoms with E-state index in [0.717, 1.165) is 6.42 Å². The van der Waals surface area contributed by atoms with Crippen LogP contribution in [0.5, 0.6) is 5.75 Å². The number of hydrogen-bond acceptors (Lipinski definition) is 3. The molecule has 0 aromatic heterocycles. The molecule has 1 unspecified atom stereocenters. The van der Waals surface area contributed by atoms with E-state index >= 15 is 0 Å². The lowest BCUT2D eigenvalue weighted by molar-refractivity contribution is 0.0933. The van der Waals surface area contributed by atoms with E-state index in [9.17, 15) is 4.79 Å². The smallest absolute Gasteiger partial charge is 0.251 e. The zero-order chi connectivity index (χ0) is 15.1. The van der Waals surface area contributed by atoms with Gasteiger partial charge in [0.25, 0.3) is 5.91 Å². The Balaban J connectivity index is 2.71. The highest BCUT2D eigenvalue weighted by Crippen LogP contribution is 2.15. The Morgan fingerprint density at radius 2 is 2.00 bits per heavy atom. The highest BCUT2D eigenvalue weighted by Gasteiger charge is 2.14. The van der Waals surface area contributed by atoms with E-state index in [1.54, 1.807) is 12.1 Å². The van der Waals surface area contributed by atoms with Gasteiger partial charge in [0.05, 0.1) is 6.10 Å². The number of carbonyl (C=O) groups excluding carboxylic acids is 1. The number of nitrogens with one attached hydrogen (secondary N) is 1. The van der Waals surface area contributed by atoms with Gasteiger partial charge >= 0.3 is 0 Å². The molecular weight excluding hydrogens is 252 g/mol. The maximum atomic E-state index is 12.2. The summed E-state index contributed by atoms with van der Waals surface area (Å²) in [5, 5.41) is 2.98. The number of rotatable bonds is 7. The lowest BCUT2D eigenvalue weighted by atomic mass is 10.0. The van der Waals surface area contributed by atoms with Crippen molar-refractivity contribution >= 4 is 5.91 Å². The molecule has 0 heterocycles. The van der Waals surface area contributed by atoms with Crippen LogP contribution in [0.2, 0.25) is 0 Å². The molecule has 1 amide bonds. The Morgan fingerprint density at radius 3 is 2.55 bits per heavy atom. The van der Waals surface area contributed by atoms with E-state index in [-0.39, 0.29) is 18.1 Å². The zero-order valence-electron chi connectivity index (χ0n) is 12.8. The monoisotopic (exact) mass is 278 g/mol. The normalized spacial score (nSPS) is 12.6. The molecule has 4 nitrogen and oxygen atoms in total. The highest BCUT2D eigenvalue weighted by atomic mass is 16.5. The summed E-state index contributed by atoms with van der Waals surface area (Å²) in [5.41, 5.74) is 6.31. The van der Waals surface area contributed by atoms with Gasteiger partial charge in [-0.3, -0.25) is 4.79 Å². The van der Waals surface area contributed by atoms with Gasteiger partial charge in [-0.2, -0.15) is 0 Å². The first-order valence-corrected chi connectivity index (χ1v) is 7.20. The SMILES string of the molecule is CC(C)CC(CN)NC(=O)c1cccc(OC(C)C)c1. The molecule has 1 aromatic carbocycles. The quantitative estimate of drug-likeness (QED) is 0.805. The van der Waals surface area contributed by atoms with Crippen molar-refractivity contribution in [1.82, 2.24) is 5.32 Å². The molecule has 1 aromatic rings. The van der Waals surface area contributed by atoms with Crippen molar-refractivity contribution in [3.63, 3.8) is 0 Å². The van der Waals surface area contributed by atoms with Gasteiger partial charge in [-0.15, -0.1) is 0 Å². The molecule has 0 fully saturated rings. The molecule has 0 saturated heterocycles. The van der Waals surface area contributed by atoms with Crippen LogP contribution in [0, 0.1) is 5.92 Å². The highest BCUT2D eigenvalue weighted by molar-refractivity contribution is 5.94. The number of carbonyl (C=O) groups is 1. The van der Waals surface area contributed by atoms with Crippen molar-refractivity contribution in [3.8, 4) is 5.75 Å². The molecule has 112 valence electrons. The number of nitrogens with two attached hydrogens (primary N) is 1. The summed E-state index contributed by atoms with van der Waals surface area (Å²) in [6.45, 7) is 8.60. The second-order valence-corrected chi connectivity index (χ2v) is 5.73. The topological polar surface area (TPSA) is 64.3 Å². The molecule has 1 atom stereocenters. The molecule has 1 rings (SSSR count). The first kappa shape index (κ1) is 16.5. The lowest BCUT2D eigenvalue weighted by Gasteiger charge is -2.19. The minimum atomic E-state index is -0.102. The first-order chi connectivity index (χ1) is 9.42. The van der Waals surface area contributed by atoms with Crippen LogP contribution in [-0.2, 0) is 0 Å². The van der Waals surface area contributed by atoms with Gasteiger partial charge in [0.1, 0.15) is 5.75 Å². The predicted molar refractivity (Wildman–Crippen MR) is 82.0 cm³/mol. The lowest BCUT2D eigenvalue weighted by Crippen LogP contribution is -2.41. The van der Waals surface area contributed by atoms with E-state index in [2.05, 4.69) is 19.2 Å². The molecule has 0 aliphatic carbocycles. The fourth-order valence-electron chi connectivity index (χ4n) is 2.03. The minimum absolute atomic E-state index is 0.0113. The molecular formula is C16H26N2O2. The first-order valence-electron chi connectivity index (χ1n) is 7.20. The van der Waals surface area contributed by atoms with Gasteiger partial charge in [0.15, 0.2) is 0 Å². The summed E-state index contributed by atoms with van der Waals surface area (Å²) < 4.78 is 5.60. The molecule has 0 spiro atoms. The number of amides is 1. The summed E-state index contributed by atoms with van der Waals surface area (Å²) >= 11 is 0. The van der Waals surface area contributed by atoms with Crippen LogP contribution in [-0.4, -0.2) is 24.6 Å². The van der Waals surface area contributed by atoms with Gasteiger partial charge in [0.2, 0.25) is 0 Å². The third-order valence-corrected chi connectivity index (χ3v) is 2.84. The van der Waals surface area contributed by atoms with Gasteiger partial charge in [0, 0.05) is 18.2 Å². The summed E-state index contributed by atoms with van der Waals surface area (Å²) in [6, 6.07) is 7.24. The van der Waals surface area contributed by atoms with E-state index in [1.807, 2.05) is 26.0 Å². The van der Waals surface area contributed by atoms with Gasteiger partial charge < -0.3 is 15.8 Å². The minimum Gasteiger partial charge on any atom is -0.491 e. The maximum absolute atomic E-state index is 12.2. The van der Waals surface area contributed by atoms with Crippen LogP contribution in [0.1, 0.15) is 44.5 Å². The molecule has 4 heteroatoms. The average Bonchev–Trinajstić information content (AvgIpc) is 2.36. The van der Waals surface area contributed by atoms with Crippen LogP contribution < -0.4 is 15.8 Å². The van der Waals surface area contributed by atoms with E-state index in [1.165, 1.54) is 0 Å². The van der Waals surface area contributed by atoms with Crippen molar-refractivity contribution in [3.05, 3.63) is 29.8 Å². The molecule has 0 radical (unpaired) electrons. The Labute approximate surface area is 121 Å². The van der Waals surface area contributed by atoms with Crippen LogP contribution in [0.3, 0.4) is 0 Å². The molecule has 0 bridgehead atoms. The van der Waals surface area contributed by atoms with Gasteiger partial charge in [-0.1, -0.05) is 19.9 Å². The molecule has 20 heavy (non-hydrogen) atoms. The van der Waals surface area contributed by atoms with Gasteiger partial charge in [-0.05, 0) is 44.4 Å². The Hall–Kier alpha value is -1.55. The largest absolute Gasteiger partial charge is 0.491 e. The van der Waals surface area contributed by atoms with E-state index < -0.39 is 0 Å². The number of benzene rings is 1. The van der Waals surface area contributed by atoms with Crippen molar-refractivity contribution in [2.45, 2.75) is 46.3 Å². The maximum Gasteiger partial charge on any atom is 0.251 e. The summed E-state index contributed by atoms with van der Waals surface area (Å²) in [6.07, 6.45) is 0.968. The predicted octanol–water partition coefficient (Wildman–Crippen LogP) is 2.58. The zero-order valence-corrected chi connectivity index (χ0v) is 12.8. The average molecular weight is 278 g/mol. The van der Waals surface area contributed by atoms with Crippen molar-refractivity contribution in [2.75, 3.05) is 6.54 Å². The number of ether oxygens (including phenoxy) is 1. The van der Waals surface area contributed by atoms with Crippen LogP contribution in [0.15, 0.2) is 24.3 Å². The summed E-state index contributed by atoms with van der Waals surface area (Å²) in [4.78, 5) is 12.2. The molecule has 0 aliphatic heterocycles. The Kier molecular flexibility index (Phi) is 6.52. The van der Waals surface area contributed by atoms with Crippen LogP contribution in [0.25, 0.3) is 0 Å². The second kappa shape index (κ2) is 7.90. The van der Waals surface area contributed by atoms with Crippen molar-refractivity contribution < 1.29 is 9.53 Å². The van der Waals surface area contributed by atoms with Crippen molar-refractivity contribution in [2.24, 2.45) is 11.7 Å². The van der Waals surface area contributed by atoms with Crippen LogP contribution in [0.4, 0.5) is 0 Å². The Morgan fingerprint density at radius 1 is 1.30 bits per heavy atom. The van der Waals surface area contributed by atoms with E-state index in [0.29, 0.717) is 23.8 Å². The Bertz CT molecular complexity index is 430. The molecule has 0 aliphatic rings. The van der Waals surface area contributed by atoms with Gasteiger partial charge in [-0.25, -0.2) is 0 Å². The van der Waals surface area contributed by atoms with Crippen molar-refractivity contribution in [1.29, 1.82) is 0 Å². The van der Waals surface area contributed by atoms with E-state index in [4.69, 9.17) is 10.5 Å². The standard InChI is InChI=1S/C16H26N2O2/c1-11(2)8-14(10-17)18-16(19)13-6-5-7-15(9-13)20-12(3)4/h5-7,9,11-12,14H,8,10,17H2,1-4H3,(H,18,19). The second-order valence-electron chi connectivity index (χ2n) is 5.73. The third kappa shape index (κ3) is 5.61. The van der Waals surface area contributed by atoms with Crippen LogP contribution >= 0.6 is 0 Å². The molecule has 3 N–H and O–H groups in total. The fraction of sp³-hybridized carbons (Fsp3) is 0.562. The summed E-state index contributed by atoms with van der Waals surface area (Å²) in [7, 11) is 0.